The number of aromatic nitrogens is 1. The molecule has 2 heterocycles. The number of rotatable bonds is 5. The third-order valence-corrected chi connectivity index (χ3v) is 3.26. The van der Waals surface area contributed by atoms with Crippen LogP contribution in [0.5, 0.6) is 17.5 Å². The SMILES string of the molecule is [C-]#[N+]c1ccc(Oc2ccc3c(c2)COB3O)nc1OCCO. The van der Waals surface area contributed by atoms with Crippen LogP contribution in [0.15, 0.2) is 30.3 Å². The Labute approximate surface area is 133 Å². The monoisotopic (exact) mass is 312 g/mol. The quantitative estimate of drug-likeness (QED) is 0.633. The summed E-state index contributed by atoms with van der Waals surface area (Å²) in [5.41, 5.74) is 1.82. The Bertz CT molecular complexity index is 762. The first-order valence-electron chi connectivity index (χ1n) is 6.94. The molecular weight excluding hydrogens is 299 g/mol. The second kappa shape index (κ2) is 6.66. The Hall–Kier alpha value is -2.60. The summed E-state index contributed by atoms with van der Waals surface area (Å²) in [5.74, 6) is 0.925. The summed E-state index contributed by atoms with van der Waals surface area (Å²) in [5, 5.41) is 18.4. The maximum Gasteiger partial charge on any atom is 0.491 e. The normalized spacial score (nSPS) is 12.7. The van der Waals surface area contributed by atoms with Crippen LogP contribution in [0, 0.1) is 6.57 Å². The van der Waals surface area contributed by atoms with Gasteiger partial charge in [0.15, 0.2) is 0 Å². The van der Waals surface area contributed by atoms with Crippen LogP contribution in [0.3, 0.4) is 0 Å². The Kier molecular flexibility index (Phi) is 4.44. The molecule has 0 atom stereocenters. The zero-order chi connectivity index (χ0) is 16.2. The molecule has 3 rings (SSSR count). The van der Waals surface area contributed by atoms with E-state index in [9.17, 15) is 5.02 Å². The van der Waals surface area contributed by atoms with Crippen LogP contribution in [0.1, 0.15) is 5.56 Å². The third kappa shape index (κ3) is 3.27. The molecule has 0 amide bonds. The van der Waals surface area contributed by atoms with Crippen LogP contribution in [-0.4, -0.2) is 35.4 Å². The smallest absolute Gasteiger partial charge is 0.484 e. The number of hydrogen-bond donors (Lipinski definition) is 2. The van der Waals surface area contributed by atoms with Crippen LogP contribution in [0.4, 0.5) is 5.69 Å². The number of nitrogens with zero attached hydrogens (tertiary/aromatic N) is 2. The van der Waals surface area contributed by atoms with Crippen molar-refractivity contribution in [3.8, 4) is 17.5 Å². The standard InChI is InChI=1S/C15H13BN2O5/c1-17-13-4-5-14(18-15(13)21-7-6-19)23-11-2-3-12-10(8-11)9-22-16(12)20/h2-5,8,19-20H,6-7,9H2. The van der Waals surface area contributed by atoms with E-state index in [1.54, 1.807) is 30.3 Å². The van der Waals surface area contributed by atoms with E-state index in [0.29, 0.717) is 12.4 Å². The summed E-state index contributed by atoms with van der Waals surface area (Å²) >= 11 is 0. The molecule has 2 N–H and O–H groups in total. The van der Waals surface area contributed by atoms with Crippen molar-refractivity contribution in [2.45, 2.75) is 6.61 Å². The highest BCUT2D eigenvalue weighted by molar-refractivity contribution is 6.61. The van der Waals surface area contributed by atoms with E-state index in [1.807, 2.05) is 0 Å². The first-order valence-corrected chi connectivity index (χ1v) is 6.94. The fourth-order valence-electron chi connectivity index (χ4n) is 2.20. The lowest BCUT2D eigenvalue weighted by atomic mass is 9.80. The summed E-state index contributed by atoms with van der Waals surface area (Å²) in [6, 6.07) is 8.32. The molecule has 23 heavy (non-hydrogen) atoms. The molecule has 0 fully saturated rings. The minimum absolute atomic E-state index is 0.0487. The van der Waals surface area contributed by atoms with Crippen molar-refractivity contribution >= 4 is 18.3 Å². The van der Waals surface area contributed by atoms with Crippen LogP contribution in [0.25, 0.3) is 4.85 Å². The summed E-state index contributed by atoms with van der Waals surface area (Å²) in [7, 11) is -0.895. The van der Waals surface area contributed by atoms with E-state index in [1.165, 1.54) is 0 Å². The average molecular weight is 312 g/mol. The van der Waals surface area contributed by atoms with Crippen LogP contribution >= 0.6 is 0 Å². The Morgan fingerprint density at radius 2 is 2.22 bits per heavy atom. The van der Waals surface area contributed by atoms with E-state index < -0.39 is 7.12 Å². The van der Waals surface area contributed by atoms with Crippen molar-refractivity contribution in [3.63, 3.8) is 0 Å². The number of benzene rings is 1. The summed E-state index contributed by atoms with van der Waals surface area (Å²) in [6.07, 6.45) is 0. The Balaban J connectivity index is 1.81. The Morgan fingerprint density at radius 1 is 1.35 bits per heavy atom. The van der Waals surface area contributed by atoms with Gasteiger partial charge in [-0.3, -0.25) is 0 Å². The summed E-state index contributed by atoms with van der Waals surface area (Å²) in [6.45, 7) is 7.28. The van der Waals surface area contributed by atoms with Gasteiger partial charge < -0.3 is 24.3 Å². The molecule has 0 saturated heterocycles. The molecule has 1 aromatic carbocycles. The lowest BCUT2D eigenvalue weighted by molar-refractivity contribution is 0.196. The molecule has 0 unspecified atom stereocenters. The first-order chi connectivity index (χ1) is 11.2. The van der Waals surface area contributed by atoms with Gasteiger partial charge in [-0.1, -0.05) is 6.07 Å². The van der Waals surface area contributed by atoms with Gasteiger partial charge in [0.2, 0.25) is 17.4 Å². The predicted octanol–water partition coefficient (Wildman–Crippen LogP) is 1.01. The van der Waals surface area contributed by atoms with Crippen molar-refractivity contribution in [1.29, 1.82) is 0 Å². The van der Waals surface area contributed by atoms with Gasteiger partial charge in [-0.05, 0) is 35.3 Å². The highest BCUT2D eigenvalue weighted by atomic mass is 16.5. The molecule has 116 valence electrons. The fourth-order valence-corrected chi connectivity index (χ4v) is 2.20. The molecule has 1 aromatic heterocycles. The van der Waals surface area contributed by atoms with Gasteiger partial charge >= 0.3 is 7.12 Å². The zero-order valence-electron chi connectivity index (χ0n) is 12.1. The van der Waals surface area contributed by atoms with Gasteiger partial charge in [-0.2, -0.15) is 4.98 Å². The molecule has 2 aromatic rings. The predicted molar refractivity (Wildman–Crippen MR) is 82.0 cm³/mol. The Morgan fingerprint density at radius 3 is 3.00 bits per heavy atom. The average Bonchev–Trinajstić information content (AvgIpc) is 2.94. The van der Waals surface area contributed by atoms with Gasteiger partial charge in [-0.15, -0.1) is 0 Å². The molecule has 7 nitrogen and oxygen atoms in total. The maximum atomic E-state index is 9.60. The van der Waals surface area contributed by atoms with E-state index in [4.69, 9.17) is 25.8 Å². The van der Waals surface area contributed by atoms with E-state index >= 15 is 0 Å². The van der Waals surface area contributed by atoms with Crippen molar-refractivity contribution < 1.29 is 24.3 Å². The molecule has 0 bridgehead atoms. The number of aliphatic hydroxyl groups excluding tert-OH is 1. The van der Waals surface area contributed by atoms with Gasteiger partial charge in [0.05, 0.1) is 19.8 Å². The molecule has 0 aliphatic carbocycles. The number of fused-ring (bicyclic) bond motifs is 1. The van der Waals surface area contributed by atoms with Crippen LogP contribution in [-0.2, 0) is 11.3 Å². The van der Waals surface area contributed by atoms with Gasteiger partial charge in [0.1, 0.15) is 12.4 Å². The molecule has 0 saturated carbocycles. The molecule has 0 spiro atoms. The topological polar surface area (TPSA) is 85.4 Å². The first kappa shape index (κ1) is 15.3. The van der Waals surface area contributed by atoms with Crippen molar-refractivity contribution in [2.24, 2.45) is 0 Å². The highest BCUT2D eigenvalue weighted by Gasteiger charge is 2.27. The lowest BCUT2D eigenvalue weighted by Crippen LogP contribution is -2.27. The van der Waals surface area contributed by atoms with Crippen LogP contribution in [0.2, 0.25) is 0 Å². The summed E-state index contributed by atoms with van der Waals surface area (Å²) in [4.78, 5) is 7.44. The van der Waals surface area contributed by atoms with Gasteiger partial charge in [0, 0.05) is 0 Å². The zero-order valence-corrected chi connectivity index (χ0v) is 12.1. The number of pyridine rings is 1. The van der Waals surface area contributed by atoms with Crippen molar-refractivity contribution in [3.05, 3.63) is 47.3 Å². The second-order valence-corrected chi connectivity index (χ2v) is 4.78. The minimum atomic E-state index is -0.895. The largest absolute Gasteiger partial charge is 0.491 e. The summed E-state index contributed by atoms with van der Waals surface area (Å²) < 4.78 is 16.0. The van der Waals surface area contributed by atoms with Gasteiger partial charge in [0.25, 0.3) is 0 Å². The molecule has 8 heteroatoms. The minimum Gasteiger partial charge on any atom is -0.484 e. The third-order valence-electron chi connectivity index (χ3n) is 3.26. The molecule has 0 radical (unpaired) electrons. The molecule has 1 aliphatic rings. The van der Waals surface area contributed by atoms with Crippen LogP contribution < -0.4 is 14.9 Å². The second-order valence-electron chi connectivity index (χ2n) is 4.78. The van der Waals surface area contributed by atoms with E-state index in [0.717, 1.165) is 11.0 Å². The number of hydrogen-bond acceptors (Lipinski definition) is 6. The number of aliphatic hydroxyl groups is 1. The van der Waals surface area contributed by atoms with Crippen molar-refractivity contribution in [1.82, 2.24) is 4.98 Å². The van der Waals surface area contributed by atoms with Gasteiger partial charge in [-0.25, -0.2) is 4.85 Å². The molecular formula is C15H13BN2O5. The highest BCUT2D eigenvalue weighted by Crippen LogP contribution is 2.30. The number of ether oxygens (including phenoxy) is 2. The van der Waals surface area contributed by atoms with Crippen molar-refractivity contribution in [2.75, 3.05) is 13.2 Å². The molecule has 1 aliphatic heterocycles. The maximum absolute atomic E-state index is 9.60. The van der Waals surface area contributed by atoms with E-state index in [2.05, 4.69) is 9.83 Å². The van der Waals surface area contributed by atoms with E-state index in [-0.39, 0.29) is 30.7 Å². The lowest BCUT2D eigenvalue weighted by Gasteiger charge is -2.10. The fraction of sp³-hybridized carbons (Fsp3) is 0.200.